The predicted octanol–water partition coefficient (Wildman–Crippen LogP) is 2.13. The standard InChI is InChI=1S/C13H20BrN3O2S/c1-2-3-6-17-13(18)12(14)11(9-15-17)16-10-4-7-20(19)8-5-10/h9-10,16H,2-8H2,1H3. The zero-order valence-electron chi connectivity index (χ0n) is 11.6. The van der Waals surface area contributed by atoms with Crippen LogP contribution in [0.4, 0.5) is 5.69 Å². The van der Waals surface area contributed by atoms with E-state index in [1.807, 2.05) is 0 Å². The van der Waals surface area contributed by atoms with E-state index in [0.29, 0.717) is 11.0 Å². The average Bonchev–Trinajstić information content (AvgIpc) is 2.45. The van der Waals surface area contributed by atoms with Crippen molar-refractivity contribution in [2.24, 2.45) is 0 Å². The van der Waals surface area contributed by atoms with Crippen LogP contribution in [0.1, 0.15) is 32.6 Å². The number of aromatic nitrogens is 2. The molecule has 0 aromatic carbocycles. The Morgan fingerprint density at radius 3 is 2.85 bits per heavy atom. The fourth-order valence-corrected chi connectivity index (χ4v) is 3.91. The molecule has 0 aliphatic carbocycles. The fourth-order valence-electron chi connectivity index (χ4n) is 2.19. The Morgan fingerprint density at radius 2 is 2.20 bits per heavy atom. The second kappa shape index (κ2) is 7.36. The first-order valence-corrected chi connectivity index (χ1v) is 9.27. The molecule has 5 nitrogen and oxygen atoms in total. The highest BCUT2D eigenvalue weighted by atomic mass is 79.9. The summed E-state index contributed by atoms with van der Waals surface area (Å²) in [5.41, 5.74) is 0.642. The molecule has 0 amide bonds. The Labute approximate surface area is 129 Å². The van der Waals surface area contributed by atoms with Crippen molar-refractivity contribution in [3.8, 4) is 0 Å². The Bertz CT molecular complexity index is 537. The monoisotopic (exact) mass is 361 g/mol. The van der Waals surface area contributed by atoms with E-state index in [1.54, 1.807) is 6.20 Å². The smallest absolute Gasteiger partial charge is 0.283 e. The Hall–Kier alpha value is -0.690. The van der Waals surface area contributed by atoms with Crippen molar-refractivity contribution < 1.29 is 4.21 Å². The summed E-state index contributed by atoms with van der Waals surface area (Å²) in [6.45, 7) is 2.74. The highest BCUT2D eigenvalue weighted by molar-refractivity contribution is 9.10. The maximum Gasteiger partial charge on any atom is 0.283 e. The molecule has 1 aromatic rings. The summed E-state index contributed by atoms with van der Waals surface area (Å²) in [5.74, 6) is 1.46. The van der Waals surface area contributed by atoms with Gasteiger partial charge in [0, 0.05) is 34.9 Å². The Kier molecular flexibility index (Phi) is 5.77. The van der Waals surface area contributed by atoms with Crippen molar-refractivity contribution in [3.05, 3.63) is 21.0 Å². The van der Waals surface area contributed by atoms with Gasteiger partial charge in [-0.25, -0.2) is 4.68 Å². The predicted molar refractivity (Wildman–Crippen MR) is 85.6 cm³/mol. The zero-order chi connectivity index (χ0) is 14.5. The van der Waals surface area contributed by atoms with Crippen molar-refractivity contribution in [3.63, 3.8) is 0 Å². The molecule has 1 aromatic heterocycles. The molecule has 1 N–H and O–H groups in total. The minimum atomic E-state index is -0.669. The van der Waals surface area contributed by atoms with E-state index in [9.17, 15) is 9.00 Å². The normalized spacial score (nSPS) is 22.7. The number of nitrogens with one attached hydrogen (secondary N) is 1. The molecule has 1 fully saturated rings. The molecule has 0 atom stereocenters. The van der Waals surface area contributed by atoms with Crippen molar-refractivity contribution in [2.45, 2.75) is 45.2 Å². The molecule has 7 heteroatoms. The number of anilines is 1. The lowest BCUT2D eigenvalue weighted by atomic mass is 10.1. The van der Waals surface area contributed by atoms with Gasteiger partial charge in [-0.05, 0) is 35.2 Å². The molecule has 1 aliphatic heterocycles. The van der Waals surface area contributed by atoms with Crippen LogP contribution in [0.5, 0.6) is 0 Å². The second-order valence-electron chi connectivity index (χ2n) is 5.02. The van der Waals surface area contributed by atoms with E-state index in [1.165, 1.54) is 4.68 Å². The topological polar surface area (TPSA) is 64.0 Å². The van der Waals surface area contributed by atoms with Crippen molar-refractivity contribution >= 4 is 32.4 Å². The molecule has 1 saturated heterocycles. The molecular weight excluding hydrogens is 342 g/mol. The molecule has 2 rings (SSSR count). The zero-order valence-corrected chi connectivity index (χ0v) is 14.0. The van der Waals surface area contributed by atoms with Crippen molar-refractivity contribution in [1.82, 2.24) is 9.78 Å². The highest BCUT2D eigenvalue weighted by Crippen LogP contribution is 2.21. The number of hydrogen-bond donors (Lipinski definition) is 1. The fraction of sp³-hybridized carbons (Fsp3) is 0.692. The van der Waals surface area contributed by atoms with Gasteiger partial charge in [0.2, 0.25) is 0 Å². The average molecular weight is 362 g/mol. The second-order valence-corrected chi connectivity index (χ2v) is 7.51. The van der Waals surface area contributed by atoms with Gasteiger partial charge in [0.25, 0.3) is 5.56 Å². The molecule has 2 heterocycles. The minimum Gasteiger partial charge on any atom is -0.380 e. The summed E-state index contributed by atoms with van der Waals surface area (Å²) >= 11 is 3.37. The van der Waals surface area contributed by atoms with Crippen LogP contribution < -0.4 is 10.9 Å². The minimum absolute atomic E-state index is 0.0946. The molecule has 1 aliphatic rings. The number of hydrogen-bond acceptors (Lipinski definition) is 4. The van der Waals surface area contributed by atoms with Crippen LogP contribution in [0.3, 0.4) is 0 Å². The summed E-state index contributed by atoms with van der Waals surface area (Å²) in [7, 11) is -0.669. The lowest BCUT2D eigenvalue weighted by Crippen LogP contribution is -2.31. The summed E-state index contributed by atoms with van der Waals surface area (Å²) in [6.07, 6.45) is 5.42. The van der Waals surface area contributed by atoms with Crippen LogP contribution in [0.25, 0.3) is 0 Å². The van der Waals surface area contributed by atoms with E-state index in [2.05, 4.69) is 33.3 Å². The van der Waals surface area contributed by atoms with E-state index in [-0.39, 0.29) is 11.6 Å². The van der Waals surface area contributed by atoms with E-state index in [0.717, 1.165) is 42.9 Å². The molecule has 0 unspecified atom stereocenters. The lowest BCUT2D eigenvalue weighted by Gasteiger charge is -2.24. The van der Waals surface area contributed by atoms with Crippen LogP contribution in [0, 0.1) is 0 Å². The van der Waals surface area contributed by atoms with Crippen LogP contribution in [-0.2, 0) is 17.3 Å². The van der Waals surface area contributed by atoms with Crippen LogP contribution >= 0.6 is 15.9 Å². The van der Waals surface area contributed by atoms with Crippen molar-refractivity contribution in [1.29, 1.82) is 0 Å². The maximum absolute atomic E-state index is 12.2. The van der Waals surface area contributed by atoms with Gasteiger partial charge in [-0.1, -0.05) is 13.3 Å². The van der Waals surface area contributed by atoms with E-state index in [4.69, 9.17) is 0 Å². The Balaban J connectivity index is 2.07. The first-order chi connectivity index (χ1) is 9.61. The molecule has 0 saturated carbocycles. The van der Waals surface area contributed by atoms with E-state index >= 15 is 0 Å². The molecule has 0 spiro atoms. The van der Waals surface area contributed by atoms with Gasteiger partial charge in [-0.2, -0.15) is 5.10 Å². The van der Waals surface area contributed by atoms with Gasteiger partial charge in [0.1, 0.15) is 4.47 Å². The number of nitrogens with zero attached hydrogens (tertiary/aromatic N) is 2. The number of aryl methyl sites for hydroxylation is 1. The van der Waals surface area contributed by atoms with Gasteiger partial charge in [-0.15, -0.1) is 0 Å². The van der Waals surface area contributed by atoms with Crippen LogP contribution in [-0.4, -0.2) is 31.5 Å². The van der Waals surface area contributed by atoms with Gasteiger partial charge >= 0.3 is 0 Å². The van der Waals surface area contributed by atoms with Gasteiger partial charge in [0.05, 0.1) is 11.9 Å². The number of unbranched alkanes of at least 4 members (excludes halogenated alkanes) is 1. The quantitative estimate of drug-likeness (QED) is 0.872. The lowest BCUT2D eigenvalue weighted by molar-refractivity contribution is 0.540. The number of halogens is 1. The van der Waals surface area contributed by atoms with Gasteiger partial charge in [-0.3, -0.25) is 9.00 Å². The van der Waals surface area contributed by atoms with Gasteiger partial charge in [0.15, 0.2) is 0 Å². The van der Waals surface area contributed by atoms with E-state index < -0.39 is 10.8 Å². The Morgan fingerprint density at radius 1 is 1.50 bits per heavy atom. The molecule has 0 bridgehead atoms. The molecule has 112 valence electrons. The highest BCUT2D eigenvalue weighted by Gasteiger charge is 2.19. The third-order valence-corrected chi connectivity index (χ3v) is 5.60. The van der Waals surface area contributed by atoms with Crippen LogP contribution in [0.2, 0.25) is 0 Å². The largest absolute Gasteiger partial charge is 0.380 e. The molecule has 20 heavy (non-hydrogen) atoms. The third-order valence-electron chi connectivity index (χ3n) is 3.46. The van der Waals surface area contributed by atoms with Crippen LogP contribution in [0.15, 0.2) is 15.5 Å². The summed E-state index contributed by atoms with van der Waals surface area (Å²) in [4.78, 5) is 12.2. The first-order valence-electron chi connectivity index (χ1n) is 6.99. The molecular formula is C13H20BrN3O2S. The maximum atomic E-state index is 12.2. The van der Waals surface area contributed by atoms with Crippen molar-refractivity contribution in [2.75, 3.05) is 16.8 Å². The third kappa shape index (κ3) is 3.91. The summed E-state index contributed by atoms with van der Waals surface area (Å²) in [5, 5.41) is 7.55. The number of rotatable bonds is 5. The SMILES string of the molecule is CCCCn1ncc(NC2CCS(=O)CC2)c(Br)c1=O. The molecule has 0 radical (unpaired) electrons. The summed E-state index contributed by atoms with van der Waals surface area (Å²) in [6, 6.07) is 0.275. The summed E-state index contributed by atoms with van der Waals surface area (Å²) < 4.78 is 13.4. The van der Waals surface area contributed by atoms with Gasteiger partial charge < -0.3 is 5.32 Å². The first kappa shape index (κ1) is 15.7.